The van der Waals surface area contributed by atoms with E-state index < -0.39 is 0 Å². The monoisotopic (exact) mass is 536 g/mol. The van der Waals surface area contributed by atoms with Crippen molar-refractivity contribution < 1.29 is 9.59 Å². The van der Waals surface area contributed by atoms with Gasteiger partial charge in [0.2, 0.25) is 5.95 Å². The maximum absolute atomic E-state index is 13.9. The van der Waals surface area contributed by atoms with Crippen molar-refractivity contribution in [1.29, 1.82) is 0 Å². The van der Waals surface area contributed by atoms with E-state index in [1.807, 2.05) is 10.8 Å². The normalized spacial score (nSPS) is 36.8. The Morgan fingerprint density at radius 2 is 1.97 bits per heavy atom. The first-order chi connectivity index (χ1) is 18.2. The Hall–Kier alpha value is -2.88. The summed E-state index contributed by atoms with van der Waals surface area (Å²) in [4.78, 5) is 38.7. The minimum Gasteiger partial charge on any atom is -0.368 e. The molecule has 3 aromatic rings. The number of halogens is 1. The quantitative estimate of drug-likeness (QED) is 0.496. The molecule has 4 saturated carbocycles. The van der Waals surface area contributed by atoms with Crippen LogP contribution in [0, 0.1) is 34.5 Å². The van der Waals surface area contributed by atoms with E-state index >= 15 is 0 Å². The van der Waals surface area contributed by atoms with Gasteiger partial charge < -0.3 is 10.3 Å². The van der Waals surface area contributed by atoms with E-state index in [0.29, 0.717) is 58.6 Å². The molecule has 11 heteroatoms. The number of carbonyl (C=O) groups excluding carboxylic acids is 2. The second kappa shape index (κ2) is 8.31. The molecule has 0 aromatic carbocycles. The molecule has 2 N–H and O–H groups in total. The van der Waals surface area contributed by atoms with Gasteiger partial charge in [0.1, 0.15) is 23.0 Å². The Balaban J connectivity index is 1.14. The molecule has 0 bridgehead atoms. The molecule has 4 aliphatic rings. The number of fused-ring (bicyclic) bond motifs is 6. The van der Waals surface area contributed by atoms with E-state index in [-0.39, 0.29) is 28.0 Å². The number of Topliss-reactive ketones (excluding diaryl/α,β-unsaturated/α-hetero) is 2. The highest BCUT2D eigenvalue weighted by Crippen LogP contribution is 2.66. The zero-order valence-electron chi connectivity index (χ0n) is 21.8. The number of carbonyl (C=O) groups is 2. The number of imidazole rings is 1. The van der Waals surface area contributed by atoms with Crippen molar-refractivity contribution >= 4 is 40.3 Å². The predicted molar refractivity (Wildman–Crippen MR) is 140 cm³/mol. The van der Waals surface area contributed by atoms with Crippen molar-refractivity contribution in [3.63, 3.8) is 0 Å². The van der Waals surface area contributed by atoms with E-state index in [9.17, 15) is 9.59 Å². The average molecular weight is 537 g/mol. The zero-order chi connectivity index (χ0) is 26.4. The van der Waals surface area contributed by atoms with E-state index in [4.69, 9.17) is 17.3 Å². The lowest BCUT2D eigenvalue weighted by atomic mass is 9.45. The fraction of sp³-hybridized carbons (Fsp3) is 0.667. The highest BCUT2D eigenvalue weighted by Gasteiger charge is 2.62. The summed E-state index contributed by atoms with van der Waals surface area (Å²) >= 11 is 6.17. The van der Waals surface area contributed by atoms with Gasteiger partial charge in [-0.2, -0.15) is 9.97 Å². The van der Waals surface area contributed by atoms with E-state index in [1.165, 1.54) is 0 Å². The fourth-order valence-corrected chi connectivity index (χ4v) is 9.04. The lowest BCUT2D eigenvalue weighted by Gasteiger charge is -2.59. The summed E-state index contributed by atoms with van der Waals surface area (Å²) in [7, 11) is 0. The summed E-state index contributed by atoms with van der Waals surface area (Å²) in [6.45, 7) is 5.01. The summed E-state index contributed by atoms with van der Waals surface area (Å²) in [6.07, 6.45) is 11.1. The van der Waals surface area contributed by atoms with Crippen LogP contribution in [0.5, 0.6) is 0 Å². The summed E-state index contributed by atoms with van der Waals surface area (Å²) in [5.41, 5.74) is 7.41. The third-order valence-electron chi connectivity index (χ3n) is 10.9. The van der Waals surface area contributed by atoms with Gasteiger partial charge in [-0.15, -0.1) is 5.10 Å². The molecular weight excluding hydrogens is 504 g/mol. The van der Waals surface area contributed by atoms with Crippen molar-refractivity contribution in [3.8, 4) is 0 Å². The molecule has 0 unspecified atom stereocenters. The van der Waals surface area contributed by atoms with Crippen LogP contribution in [0.15, 0.2) is 12.5 Å². The molecule has 4 fully saturated rings. The summed E-state index contributed by atoms with van der Waals surface area (Å²) < 4.78 is 3.59. The highest BCUT2D eigenvalue weighted by atomic mass is 35.5. The van der Waals surface area contributed by atoms with Gasteiger partial charge in [-0.25, -0.2) is 9.67 Å². The molecule has 0 aliphatic heterocycles. The number of aromatic nitrogens is 7. The first-order valence-corrected chi connectivity index (χ1v) is 14.2. The molecule has 4 aliphatic carbocycles. The van der Waals surface area contributed by atoms with Gasteiger partial charge in [-0.3, -0.25) is 9.59 Å². The maximum Gasteiger partial charge on any atom is 0.223 e. The standard InChI is InChI=1S/C27H33ClN8O2/c1-26-7-5-16(37)9-14(26)3-4-17-18(26)6-8-27(2)19(17)10-20(22(27)38)36-12-15(33-34-36)11-35-13-30-21-23(28)31-25(29)32-24(21)35/h12-14,17-20H,3-11H2,1-2H3,(H2,29,31,32)/t14-,17+,18-,19-,20-,26-,27-/m0/s1. The minimum absolute atomic E-state index is 0.0846. The van der Waals surface area contributed by atoms with E-state index in [2.05, 4.69) is 39.1 Å². The number of hydrogen-bond donors (Lipinski definition) is 1. The smallest absolute Gasteiger partial charge is 0.223 e. The van der Waals surface area contributed by atoms with Gasteiger partial charge in [0.15, 0.2) is 16.6 Å². The first-order valence-electron chi connectivity index (χ1n) is 13.8. The summed E-state index contributed by atoms with van der Waals surface area (Å²) in [5, 5.41) is 9.02. The number of hydrogen-bond acceptors (Lipinski definition) is 8. The molecule has 7 rings (SSSR count). The molecule has 10 nitrogen and oxygen atoms in total. The SMILES string of the molecule is C[C@]12CCC(=O)C[C@@H]1CC[C@@H]1[C@@H]2CC[C@]2(C)C(=O)[C@@H](n3cc(Cn4cnc5c(Cl)nc(N)nc54)nn3)C[C@@H]12. The topological polar surface area (TPSA) is 134 Å². The second-order valence-corrected chi connectivity index (χ2v) is 12.9. The minimum atomic E-state index is -0.322. The van der Waals surface area contributed by atoms with Crippen LogP contribution in [-0.4, -0.2) is 46.1 Å². The Bertz CT molecular complexity index is 1470. The summed E-state index contributed by atoms with van der Waals surface area (Å²) in [6, 6.07) is -0.296. The molecule has 3 heterocycles. The molecule has 0 radical (unpaired) electrons. The maximum atomic E-state index is 13.9. The molecule has 3 aromatic heterocycles. The van der Waals surface area contributed by atoms with Crippen LogP contribution in [0.4, 0.5) is 5.95 Å². The number of ketones is 2. The second-order valence-electron chi connectivity index (χ2n) is 12.6. The Labute approximate surface area is 225 Å². The first kappa shape index (κ1) is 24.2. The Kier molecular flexibility index (Phi) is 5.29. The van der Waals surface area contributed by atoms with Crippen molar-refractivity contribution in [2.24, 2.45) is 34.5 Å². The van der Waals surface area contributed by atoms with Crippen LogP contribution in [-0.2, 0) is 16.1 Å². The van der Waals surface area contributed by atoms with Crippen molar-refractivity contribution in [2.45, 2.75) is 77.8 Å². The average Bonchev–Trinajstić information content (AvgIpc) is 3.57. The number of nitrogens with zero attached hydrogens (tertiary/aromatic N) is 7. The van der Waals surface area contributed by atoms with Gasteiger partial charge in [0.05, 0.1) is 19.1 Å². The predicted octanol–water partition coefficient (Wildman–Crippen LogP) is 4.03. The van der Waals surface area contributed by atoms with Gasteiger partial charge in [0, 0.05) is 18.3 Å². The lowest BCUT2D eigenvalue weighted by molar-refractivity contribution is -0.144. The van der Waals surface area contributed by atoms with Gasteiger partial charge >= 0.3 is 0 Å². The van der Waals surface area contributed by atoms with Crippen LogP contribution < -0.4 is 5.73 Å². The van der Waals surface area contributed by atoms with Gasteiger partial charge in [0.25, 0.3) is 0 Å². The van der Waals surface area contributed by atoms with Crippen LogP contribution in [0.2, 0.25) is 5.15 Å². The third kappa shape index (κ3) is 3.41. The largest absolute Gasteiger partial charge is 0.368 e. The fourth-order valence-electron chi connectivity index (χ4n) is 8.82. The van der Waals surface area contributed by atoms with Gasteiger partial charge in [-0.1, -0.05) is 30.7 Å². The van der Waals surface area contributed by atoms with Crippen molar-refractivity contribution in [1.82, 2.24) is 34.5 Å². The molecule has 0 amide bonds. The molecule has 0 saturated heterocycles. The van der Waals surface area contributed by atoms with Crippen LogP contribution in [0.3, 0.4) is 0 Å². The number of nitrogen functional groups attached to an aromatic ring is 1. The van der Waals surface area contributed by atoms with E-state index in [0.717, 1.165) is 51.4 Å². The number of anilines is 1. The van der Waals surface area contributed by atoms with Crippen molar-refractivity contribution in [2.75, 3.05) is 5.73 Å². The Morgan fingerprint density at radius 3 is 2.82 bits per heavy atom. The number of nitrogens with two attached hydrogens (primary N) is 1. The molecule has 7 atom stereocenters. The molecule has 200 valence electrons. The lowest BCUT2D eigenvalue weighted by Crippen LogP contribution is -2.53. The summed E-state index contributed by atoms with van der Waals surface area (Å²) in [5.74, 6) is 2.81. The zero-order valence-corrected chi connectivity index (χ0v) is 22.6. The molecule has 0 spiro atoms. The highest BCUT2D eigenvalue weighted by molar-refractivity contribution is 6.33. The van der Waals surface area contributed by atoms with E-state index in [1.54, 1.807) is 11.0 Å². The molecular formula is C27H33ClN8O2. The van der Waals surface area contributed by atoms with Crippen LogP contribution in [0.25, 0.3) is 11.2 Å². The Morgan fingerprint density at radius 1 is 1.13 bits per heavy atom. The van der Waals surface area contributed by atoms with Crippen LogP contribution >= 0.6 is 11.6 Å². The third-order valence-corrected chi connectivity index (χ3v) is 11.1. The van der Waals surface area contributed by atoms with Crippen molar-refractivity contribution in [3.05, 3.63) is 23.4 Å². The van der Waals surface area contributed by atoms with Crippen LogP contribution in [0.1, 0.15) is 76.9 Å². The molecule has 38 heavy (non-hydrogen) atoms. The van der Waals surface area contributed by atoms with Gasteiger partial charge in [-0.05, 0) is 67.6 Å². The number of rotatable bonds is 3.